The van der Waals surface area contributed by atoms with Gasteiger partial charge in [-0.15, -0.1) is 0 Å². The van der Waals surface area contributed by atoms with Crippen LogP contribution >= 0.6 is 0 Å². The molecule has 0 saturated heterocycles. The van der Waals surface area contributed by atoms with Crippen molar-refractivity contribution in [2.45, 2.75) is 6.17 Å². The number of hydrogen-bond donors (Lipinski definition) is 3. The quantitative estimate of drug-likeness (QED) is 0.536. The van der Waals surface area contributed by atoms with Gasteiger partial charge in [-0.2, -0.15) is 0 Å². The molecule has 0 amide bonds. The largest absolute Gasteiger partial charge is 0.506 e. The minimum atomic E-state index is -0.297. The molecular weight excluding hydrogens is 336 g/mol. The van der Waals surface area contributed by atoms with Crippen molar-refractivity contribution in [3.63, 3.8) is 0 Å². The lowest BCUT2D eigenvalue weighted by Crippen LogP contribution is -2.33. The number of aliphatic imine (C=N–C) groups is 2. The maximum Gasteiger partial charge on any atom is 0.158 e. The number of anilines is 1. The second-order valence-electron chi connectivity index (χ2n) is 5.97. The molecule has 1 atom stereocenters. The zero-order valence-corrected chi connectivity index (χ0v) is 15.2. The van der Waals surface area contributed by atoms with Crippen LogP contribution in [0, 0.1) is 0 Å². The molecule has 0 aromatic heterocycles. The van der Waals surface area contributed by atoms with Crippen molar-refractivity contribution < 1.29 is 5.11 Å². The summed E-state index contributed by atoms with van der Waals surface area (Å²) in [5.41, 5.74) is 3.12. The fraction of sp³-hybridized carbons (Fsp3) is 0.0909. The van der Waals surface area contributed by atoms with Crippen LogP contribution in [-0.4, -0.2) is 23.8 Å². The number of amidine groups is 2. The molecule has 5 nitrogen and oxygen atoms in total. The van der Waals surface area contributed by atoms with E-state index >= 15 is 0 Å². The Bertz CT molecular complexity index is 942. The molecule has 0 radical (unpaired) electrons. The number of aromatic hydroxyl groups is 1. The molecule has 2 aromatic carbocycles. The summed E-state index contributed by atoms with van der Waals surface area (Å²) in [6, 6.07) is 15.3. The molecule has 0 saturated carbocycles. The first-order chi connectivity index (χ1) is 13.1. The number of rotatable bonds is 6. The lowest BCUT2D eigenvalue weighted by atomic mass is 10.1. The molecule has 0 aliphatic carbocycles. The fourth-order valence-electron chi connectivity index (χ4n) is 2.70. The van der Waals surface area contributed by atoms with Gasteiger partial charge in [0.15, 0.2) is 5.84 Å². The molecule has 3 N–H and O–H groups in total. The molecule has 1 unspecified atom stereocenters. The summed E-state index contributed by atoms with van der Waals surface area (Å²) >= 11 is 0. The van der Waals surface area contributed by atoms with Crippen LogP contribution in [0.5, 0.6) is 5.75 Å². The van der Waals surface area contributed by atoms with Crippen molar-refractivity contribution in [1.82, 2.24) is 5.32 Å². The zero-order chi connectivity index (χ0) is 19.2. The smallest absolute Gasteiger partial charge is 0.158 e. The van der Waals surface area contributed by atoms with Crippen molar-refractivity contribution >= 4 is 17.4 Å². The third kappa shape index (κ3) is 4.15. The summed E-state index contributed by atoms with van der Waals surface area (Å²) in [6.07, 6.45) is 5.00. The molecule has 2 aromatic rings. The van der Waals surface area contributed by atoms with Crippen molar-refractivity contribution in [3.05, 3.63) is 96.6 Å². The first-order valence-corrected chi connectivity index (χ1v) is 8.60. The highest BCUT2D eigenvalue weighted by atomic mass is 16.3. The fourth-order valence-corrected chi connectivity index (χ4v) is 2.70. The highest BCUT2D eigenvalue weighted by molar-refractivity contribution is 6.13. The molecule has 136 valence electrons. The van der Waals surface area contributed by atoms with Gasteiger partial charge in [-0.25, -0.2) is 9.98 Å². The SMILES string of the molecule is C=C/C=C\C(=C)C1=NC(c2ccccc2)NC(c2ccc(NC)c(O)c2)=N1. The minimum absolute atomic E-state index is 0.158. The van der Waals surface area contributed by atoms with Gasteiger partial charge in [-0.1, -0.05) is 61.7 Å². The Labute approximate surface area is 159 Å². The van der Waals surface area contributed by atoms with Crippen LogP contribution in [0.15, 0.2) is 95.5 Å². The van der Waals surface area contributed by atoms with Crippen LogP contribution in [0.2, 0.25) is 0 Å². The normalized spacial score (nSPS) is 16.3. The minimum Gasteiger partial charge on any atom is -0.506 e. The molecular formula is C22H22N4O. The average molecular weight is 358 g/mol. The van der Waals surface area contributed by atoms with E-state index in [1.807, 2.05) is 48.5 Å². The molecule has 27 heavy (non-hydrogen) atoms. The number of phenolic OH excluding ortho intramolecular Hbond substituents is 1. The van der Waals surface area contributed by atoms with Crippen LogP contribution in [0.3, 0.4) is 0 Å². The molecule has 0 bridgehead atoms. The Morgan fingerprint density at radius 3 is 2.67 bits per heavy atom. The standard InChI is InChI=1S/C22H22N4O/c1-4-5-9-15(2)20-24-21(16-10-7-6-8-11-16)26-22(25-20)17-12-13-18(23-3)19(27)14-17/h4-14,21,23,27H,1-2H2,3H3,(H,24,25,26)/b9-5-. The molecule has 1 aliphatic heterocycles. The van der Waals surface area contributed by atoms with E-state index < -0.39 is 0 Å². The number of nitrogens with one attached hydrogen (secondary N) is 2. The van der Waals surface area contributed by atoms with E-state index in [1.54, 1.807) is 25.3 Å². The molecule has 0 spiro atoms. The number of phenols is 1. The van der Waals surface area contributed by atoms with E-state index in [9.17, 15) is 5.11 Å². The van der Waals surface area contributed by atoms with E-state index in [2.05, 4.69) is 28.8 Å². The third-order valence-corrected chi connectivity index (χ3v) is 4.12. The van der Waals surface area contributed by atoms with Crippen molar-refractivity contribution in [3.8, 4) is 5.75 Å². The third-order valence-electron chi connectivity index (χ3n) is 4.12. The number of benzene rings is 2. The van der Waals surface area contributed by atoms with Crippen molar-refractivity contribution in [2.75, 3.05) is 12.4 Å². The van der Waals surface area contributed by atoms with E-state index in [4.69, 9.17) is 4.99 Å². The monoisotopic (exact) mass is 358 g/mol. The van der Waals surface area contributed by atoms with Crippen LogP contribution in [-0.2, 0) is 0 Å². The Hall–Kier alpha value is -3.60. The first-order valence-electron chi connectivity index (χ1n) is 8.60. The van der Waals surface area contributed by atoms with Gasteiger partial charge in [0.2, 0.25) is 0 Å². The van der Waals surface area contributed by atoms with E-state index in [0.717, 1.165) is 11.1 Å². The highest BCUT2D eigenvalue weighted by Crippen LogP contribution is 2.26. The number of nitrogens with zero attached hydrogens (tertiary/aromatic N) is 2. The first kappa shape index (κ1) is 18.2. The predicted octanol–water partition coefficient (Wildman–Crippen LogP) is 4.18. The summed E-state index contributed by atoms with van der Waals surface area (Å²) in [5.74, 6) is 1.32. The summed E-state index contributed by atoms with van der Waals surface area (Å²) in [6.45, 7) is 7.74. The summed E-state index contributed by atoms with van der Waals surface area (Å²) in [7, 11) is 1.76. The van der Waals surface area contributed by atoms with Crippen molar-refractivity contribution in [2.24, 2.45) is 9.98 Å². The second-order valence-corrected chi connectivity index (χ2v) is 5.97. The van der Waals surface area contributed by atoms with E-state index in [0.29, 0.717) is 22.9 Å². The molecule has 3 rings (SSSR count). The summed E-state index contributed by atoms with van der Waals surface area (Å²) in [5, 5.41) is 16.5. The highest BCUT2D eigenvalue weighted by Gasteiger charge is 2.21. The Morgan fingerprint density at radius 2 is 2.00 bits per heavy atom. The second kappa shape index (κ2) is 8.19. The van der Waals surface area contributed by atoms with Gasteiger partial charge in [0.05, 0.1) is 5.69 Å². The Morgan fingerprint density at radius 1 is 1.22 bits per heavy atom. The molecule has 1 aliphatic rings. The zero-order valence-electron chi connectivity index (χ0n) is 15.2. The topological polar surface area (TPSA) is 69.0 Å². The molecule has 1 heterocycles. The lowest BCUT2D eigenvalue weighted by molar-refractivity contribution is 0.477. The van der Waals surface area contributed by atoms with Crippen LogP contribution in [0.25, 0.3) is 0 Å². The van der Waals surface area contributed by atoms with Crippen molar-refractivity contribution in [1.29, 1.82) is 0 Å². The summed E-state index contributed by atoms with van der Waals surface area (Å²) < 4.78 is 0. The Kier molecular flexibility index (Phi) is 5.52. The van der Waals surface area contributed by atoms with Gasteiger partial charge in [0.1, 0.15) is 17.8 Å². The maximum absolute atomic E-state index is 10.2. The summed E-state index contributed by atoms with van der Waals surface area (Å²) in [4.78, 5) is 9.31. The molecule has 0 fully saturated rings. The Balaban J connectivity index is 2.02. The van der Waals surface area contributed by atoms with Gasteiger partial charge >= 0.3 is 0 Å². The van der Waals surface area contributed by atoms with Gasteiger partial charge in [-0.3, -0.25) is 0 Å². The predicted molar refractivity (Wildman–Crippen MR) is 112 cm³/mol. The number of allylic oxidation sites excluding steroid dienone is 2. The lowest BCUT2D eigenvalue weighted by Gasteiger charge is -2.24. The van der Waals surface area contributed by atoms with Gasteiger partial charge in [0, 0.05) is 18.2 Å². The van der Waals surface area contributed by atoms with Gasteiger partial charge < -0.3 is 15.7 Å². The van der Waals surface area contributed by atoms with E-state index in [-0.39, 0.29) is 11.9 Å². The molecule has 5 heteroatoms. The van der Waals surface area contributed by atoms with Gasteiger partial charge in [0.25, 0.3) is 0 Å². The maximum atomic E-state index is 10.2. The average Bonchev–Trinajstić information content (AvgIpc) is 2.72. The number of hydrogen-bond acceptors (Lipinski definition) is 5. The van der Waals surface area contributed by atoms with E-state index in [1.165, 1.54) is 0 Å². The van der Waals surface area contributed by atoms with Gasteiger partial charge in [-0.05, 0) is 23.8 Å². The van der Waals surface area contributed by atoms with Crippen LogP contribution < -0.4 is 10.6 Å². The van der Waals surface area contributed by atoms with Crippen LogP contribution in [0.1, 0.15) is 17.3 Å². The van der Waals surface area contributed by atoms with Crippen LogP contribution in [0.4, 0.5) is 5.69 Å².